The Balaban J connectivity index is 1.41. The van der Waals surface area contributed by atoms with Crippen molar-refractivity contribution in [2.45, 2.75) is 65.1 Å². The highest BCUT2D eigenvalue weighted by Gasteiger charge is 2.30. The van der Waals surface area contributed by atoms with Gasteiger partial charge in [-0.1, -0.05) is 50.1 Å². The number of ether oxygens (including phenoxy) is 2. The van der Waals surface area contributed by atoms with Gasteiger partial charge in [-0.3, -0.25) is 4.79 Å². The highest BCUT2D eigenvalue weighted by Crippen LogP contribution is 2.34. The molecular weight excluding hydrogens is 386 g/mol. The van der Waals surface area contributed by atoms with Crippen molar-refractivity contribution in [3.05, 3.63) is 35.9 Å². The van der Waals surface area contributed by atoms with Crippen LogP contribution in [0.1, 0.15) is 57.9 Å². The maximum Gasteiger partial charge on any atom is 0.407 e. The van der Waals surface area contributed by atoms with Crippen molar-refractivity contribution in [2.75, 3.05) is 18.1 Å². The molecule has 3 unspecified atom stereocenters. The van der Waals surface area contributed by atoms with Gasteiger partial charge >= 0.3 is 12.1 Å². The lowest BCUT2D eigenvalue weighted by Crippen LogP contribution is -2.26. The number of alkyl carbamates (subject to hydrolysis) is 1. The Morgan fingerprint density at radius 2 is 1.97 bits per heavy atom. The summed E-state index contributed by atoms with van der Waals surface area (Å²) in [6.45, 7) is 5.17. The van der Waals surface area contributed by atoms with Gasteiger partial charge in [0, 0.05) is 18.7 Å². The third-order valence-corrected chi connectivity index (χ3v) is 6.57. The van der Waals surface area contributed by atoms with Gasteiger partial charge in [-0.05, 0) is 49.3 Å². The van der Waals surface area contributed by atoms with Crippen LogP contribution in [-0.4, -0.2) is 36.2 Å². The Morgan fingerprint density at radius 1 is 1.17 bits per heavy atom. The van der Waals surface area contributed by atoms with E-state index >= 15 is 0 Å². The molecule has 1 aromatic carbocycles. The Morgan fingerprint density at radius 3 is 2.69 bits per heavy atom. The van der Waals surface area contributed by atoms with E-state index in [4.69, 9.17) is 9.47 Å². The van der Waals surface area contributed by atoms with Crippen molar-refractivity contribution in [3.63, 3.8) is 0 Å². The van der Waals surface area contributed by atoms with Crippen molar-refractivity contribution < 1.29 is 19.1 Å². The Bertz CT molecular complexity index is 610. The number of unbranched alkanes of at least 4 members (excludes halogenated alkanes) is 1. The topological polar surface area (TPSA) is 64.6 Å². The normalized spacial score (nSPS) is 19.5. The third kappa shape index (κ3) is 9.57. The molecule has 162 valence electrons. The number of hydrogen-bond acceptors (Lipinski definition) is 5. The molecule has 5 nitrogen and oxygen atoms in total. The van der Waals surface area contributed by atoms with E-state index in [0.29, 0.717) is 24.8 Å². The zero-order valence-corrected chi connectivity index (χ0v) is 18.5. The van der Waals surface area contributed by atoms with E-state index in [0.717, 1.165) is 29.9 Å². The van der Waals surface area contributed by atoms with Crippen molar-refractivity contribution in [3.8, 4) is 0 Å². The molecule has 2 rings (SSSR count). The number of carbonyl (C=O) groups excluding carboxylic acids is 2. The minimum absolute atomic E-state index is 0.0436. The minimum atomic E-state index is -0.386. The molecule has 0 bridgehead atoms. The van der Waals surface area contributed by atoms with Crippen molar-refractivity contribution in [1.82, 2.24) is 5.32 Å². The average Bonchev–Trinajstić information content (AvgIpc) is 3.15. The number of esters is 1. The number of benzene rings is 1. The van der Waals surface area contributed by atoms with E-state index in [1.54, 1.807) is 11.8 Å². The first-order valence-corrected chi connectivity index (χ1v) is 11.9. The molecule has 1 N–H and O–H groups in total. The van der Waals surface area contributed by atoms with Crippen molar-refractivity contribution in [2.24, 2.45) is 11.8 Å². The summed E-state index contributed by atoms with van der Waals surface area (Å²) in [5, 5.41) is 2.76. The zero-order valence-electron chi connectivity index (χ0n) is 17.7. The van der Waals surface area contributed by atoms with Crippen molar-refractivity contribution in [1.29, 1.82) is 0 Å². The number of thioether (sulfide) groups is 1. The van der Waals surface area contributed by atoms with Gasteiger partial charge in [0.25, 0.3) is 0 Å². The molecule has 1 amide bonds. The molecule has 3 atom stereocenters. The van der Waals surface area contributed by atoms with Crippen LogP contribution < -0.4 is 5.32 Å². The highest BCUT2D eigenvalue weighted by atomic mass is 32.2. The van der Waals surface area contributed by atoms with Crippen LogP contribution in [0.15, 0.2) is 30.3 Å². The maximum absolute atomic E-state index is 12.0. The van der Waals surface area contributed by atoms with E-state index in [9.17, 15) is 9.59 Å². The van der Waals surface area contributed by atoms with Gasteiger partial charge in [-0.25, -0.2) is 4.79 Å². The average molecular weight is 422 g/mol. The fourth-order valence-electron chi connectivity index (χ4n) is 3.80. The van der Waals surface area contributed by atoms with Crippen LogP contribution in [0, 0.1) is 11.8 Å². The summed E-state index contributed by atoms with van der Waals surface area (Å²) >= 11 is 1.77. The highest BCUT2D eigenvalue weighted by molar-refractivity contribution is 7.99. The van der Waals surface area contributed by atoms with Crippen molar-refractivity contribution >= 4 is 23.8 Å². The number of carbonyl (C=O) groups is 2. The minimum Gasteiger partial charge on any atom is -0.462 e. The van der Waals surface area contributed by atoms with Crippen LogP contribution in [0.25, 0.3) is 0 Å². The molecule has 0 saturated heterocycles. The SMILES string of the molecule is CC1CCCC1C(C)OC(=O)CCCCSCCNC(=O)OCc1ccccc1. The predicted octanol–water partition coefficient (Wildman–Crippen LogP) is 5.18. The summed E-state index contributed by atoms with van der Waals surface area (Å²) in [4.78, 5) is 23.6. The molecule has 6 heteroatoms. The summed E-state index contributed by atoms with van der Waals surface area (Å²) in [6.07, 6.45) is 5.67. The van der Waals surface area contributed by atoms with Crippen LogP contribution in [0.4, 0.5) is 4.79 Å². The largest absolute Gasteiger partial charge is 0.462 e. The molecule has 1 aromatic rings. The second-order valence-corrected chi connectivity index (χ2v) is 9.05. The molecule has 0 aliphatic heterocycles. The van der Waals surface area contributed by atoms with E-state index < -0.39 is 0 Å². The van der Waals surface area contributed by atoms with Gasteiger partial charge in [0.15, 0.2) is 0 Å². The second kappa shape index (κ2) is 13.5. The summed E-state index contributed by atoms with van der Waals surface area (Å²) in [6, 6.07) is 9.62. The van der Waals surface area contributed by atoms with E-state index in [-0.39, 0.29) is 24.8 Å². The Kier molecular flexibility index (Phi) is 11.0. The first-order chi connectivity index (χ1) is 14.1. The fourth-order valence-corrected chi connectivity index (χ4v) is 4.66. The van der Waals surface area contributed by atoms with Crippen LogP contribution in [0.2, 0.25) is 0 Å². The number of rotatable bonds is 12. The smallest absolute Gasteiger partial charge is 0.407 e. The standard InChI is InChI=1S/C23H35NO4S/c1-18-9-8-12-21(18)19(2)28-22(25)13-6-7-15-29-16-14-24-23(26)27-17-20-10-4-3-5-11-20/h3-5,10-11,18-19,21H,6-9,12-17H2,1-2H3,(H,24,26). The van der Waals surface area contributed by atoms with Gasteiger partial charge in [-0.15, -0.1) is 0 Å². The summed E-state index contributed by atoms with van der Waals surface area (Å²) in [5.74, 6) is 2.94. The predicted molar refractivity (Wildman–Crippen MR) is 118 cm³/mol. The van der Waals surface area contributed by atoms with Crippen LogP contribution >= 0.6 is 11.8 Å². The van der Waals surface area contributed by atoms with E-state index in [1.807, 2.05) is 37.3 Å². The molecule has 0 radical (unpaired) electrons. The maximum atomic E-state index is 12.0. The van der Waals surface area contributed by atoms with Crippen LogP contribution in [0.3, 0.4) is 0 Å². The quantitative estimate of drug-likeness (QED) is 0.372. The monoisotopic (exact) mass is 421 g/mol. The molecule has 0 aromatic heterocycles. The Labute approximate surface area is 179 Å². The van der Waals surface area contributed by atoms with Gasteiger partial charge in [0.2, 0.25) is 0 Å². The molecule has 1 fully saturated rings. The Hall–Kier alpha value is -1.69. The molecule has 1 aliphatic rings. The van der Waals surface area contributed by atoms with Gasteiger partial charge in [0.05, 0.1) is 0 Å². The van der Waals surface area contributed by atoms with Gasteiger partial charge in [0.1, 0.15) is 12.7 Å². The second-order valence-electron chi connectivity index (χ2n) is 7.83. The van der Waals surface area contributed by atoms with E-state index in [2.05, 4.69) is 12.2 Å². The fraction of sp³-hybridized carbons (Fsp3) is 0.652. The van der Waals surface area contributed by atoms with Gasteiger partial charge < -0.3 is 14.8 Å². The third-order valence-electron chi connectivity index (χ3n) is 5.50. The first-order valence-electron chi connectivity index (χ1n) is 10.8. The van der Waals surface area contributed by atoms with Crippen LogP contribution in [0.5, 0.6) is 0 Å². The number of amides is 1. The molecule has 0 heterocycles. The van der Waals surface area contributed by atoms with Crippen LogP contribution in [-0.2, 0) is 20.9 Å². The molecule has 29 heavy (non-hydrogen) atoms. The number of hydrogen-bond donors (Lipinski definition) is 1. The number of nitrogens with one attached hydrogen (secondary N) is 1. The first kappa shape index (κ1) is 23.6. The summed E-state index contributed by atoms with van der Waals surface area (Å²) < 4.78 is 10.8. The lowest BCUT2D eigenvalue weighted by Gasteiger charge is -2.23. The van der Waals surface area contributed by atoms with Gasteiger partial charge in [-0.2, -0.15) is 11.8 Å². The van der Waals surface area contributed by atoms with E-state index in [1.165, 1.54) is 19.3 Å². The lowest BCUT2D eigenvalue weighted by molar-refractivity contribution is -0.151. The summed E-state index contributed by atoms with van der Waals surface area (Å²) in [7, 11) is 0. The molecule has 1 aliphatic carbocycles. The molecular formula is C23H35NO4S. The summed E-state index contributed by atoms with van der Waals surface area (Å²) in [5.41, 5.74) is 0.975. The molecule has 1 saturated carbocycles. The lowest BCUT2D eigenvalue weighted by atomic mass is 9.93. The molecule has 0 spiro atoms. The zero-order chi connectivity index (χ0) is 20.9.